The fraction of sp³-hybridized carbons (Fsp3) is 0.227. The Morgan fingerprint density at radius 3 is 2.19 bits per heavy atom. The standard InChI is InChI=1S/C22H22FN3O6/c1-29-17-9-13(23)5-6-15(17)16-7-8-21(28)26(25-16)12-20(27)24-14-10-18(30-2)22(32-4)19(11-14)31-3/h5-11H,12H2,1-4H3,(H,24,27). The van der Waals surface area contributed by atoms with E-state index in [2.05, 4.69) is 10.4 Å². The van der Waals surface area contributed by atoms with Crippen LogP contribution < -0.4 is 29.8 Å². The van der Waals surface area contributed by atoms with Crippen LogP contribution in [-0.2, 0) is 11.3 Å². The Balaban J connectivity index is 1.86. The van der Waals surface area contributed by atoms with Gasteiger partial charge in [-0.3, -0.25) is 9.59 Å². The smallest absolute Gasteiger partial charge is 0.267 e. The van der Waals surface area contributed by atoms with E-state index in [-0.39, 0.29) is 12.3 Å². The van der Waals surface area contributed by atoms with Gasteiger partial charge in [0.25, 0.3) is 5.56 Å². The quantitative estimate of drug-likeness (QED) is 0.571. The maximum Gasteiger partial charge on any atom is 0.267 e. The third-order valence-electron chi connectivity index (χ3n) is 4.55. The number of rotatable bonds is 8. The summed E-state index contributed by atoms with van der Waals surface area (Å²) in [6.07, 6.45) is 0. The Labute approximate surface area is 183 Å². The number of ether oxygens (including phenoxy) is 4. The van der Waals surface area contributed by atoms with Gasteiger partial charge in [0.15, 0.2) is 11.5 Å². The Kier molecular flexibility index (Phi) is 6.93. The lowest BCUT2D eigenvalue weighted by atomic mass is 10.1. The van der Waals surface area contributed by atoms with Crippen molar-refractivity contribution in [1.29, 1.82) is 0 Å². The van der Waals surface area contributed by atoms with Crippen LogP contribution >= 0.6 is 0 Å². The summed E-state index contributed by atoms with van der Waals surface area (Å²) in [7, 11) is 5.79. The molecule has 168 valence electrons. The number of aromatic nitrogens is 2. The molecule has 1 amide bonds. The second kappa shape index (κ2) is 9.82. The molecule has 10 heteroatoms. The van der Waals surface area contributed by atoms with Crippen molar-refractivity contribution in [2.24, 2.45) is 0 Å². The van der Waals surface area contributed by atoms with E-state index in [0.29, 0.717) is 34.2 Å². The first kappa shape index (κ1) is 22.6. The molecule has 0 radical (unpaired) electrons. The van der Waals surface area contributed by atoms with E-state index in [1.165, 1.54) is 58.8 Å². The SMILES string of the molecule is COc1cc(F)ccc1-c1ccc(=O)n(CC(=O)Nc2cc(OC)c(OC)c(OC)c2)n1. The Hall–Kier alpha value is -4.08. The number of hydrogen-bond acceptors (Lipinski definition) is 7. The van der Waals surface area contributed by atoms with Crippen LogP contribution in [0.25, 0.3) is 11.3 Å². The predicted octanol–water partition coefficient (Wildman–Crippen LogP) is 2.72. The minimum Gasteiger partial charge on any atom is -0.496 e. The highest BCUT2D eigenvalue weighted by Gasteiger charge is 2.16. The average Bonchev–Trinajstić information content (AvgIpc) is 2.79. The molecule has 9 nitrogen and oxygen atoms in total. The normalized spacial score (nSPS) is 10.4. The minimum atomic E-state index is -0.503. The number of methoxy groups -OCH3 is 4. The maximum atomic E-state index is 13.5. The number of benzene rings is 2. The van der Waals surface area contributed by atoms with Gasteiger partial charge in [0.05, 0.1) is 34.1 Å². The van der Waals surface area contributed by atoms with Crippen molar-refractivity contribution in [3.8, 4) is 34.3 Å². The summed E-state index contributed by atoms with van der Waals surface area (Å²) in [6.45, 7) is -0.354. The number of nitrogens with zero attached hydrogens (tertiary/aromatic N) is 2. The molecule has 2 aromatic carbocycles. The number of hydrogen-bond donors (Lipinski definition) is 1. The van der Waals surface area contributed by atoms with E-state index in [4.69, 9.17) is 18.9 Å². The average molecular weight is 443 g/mol. The van der Waals surface area contributed by atoms with Crippen molar-refractivity contribution in [3.63, 3.8) is 0 Å². The van der Waals surface area contributed by atoms with Crippen molar-refractivity contribution in [2.75, 3.05) is 33.8 Å². The Morgan fingerprint density at radius 2 is 1.59 bits per heavy atom. The first-order valence-corrected chi connectivity index (χ1v) is 9.42. The molecule has 0 aliphatic carbocycles. The molecule has 0 bridgehead atoms. The van der Waals surface area contributed by atoms with Gasteiger partial charge in [0.1, 0.15) is 18.1 Å². The van der Waals surface area contributed by atoms with Gasteiger partial charge < -0.3 is 24.3 Å². The van der Waals surface area contributed by atoms with Gasteiger partial charge >= 0.3 is 0 Å². The van der Waals surface area contributed by atoms with Crippen LogP contribution in [0.2, 0.25) is 0 Å². The first-order valence-electron chi connectivity index (χ1n) is 9.42. The molecule has 1 aromatic heterocycles. The molecular weight excluding hydrogens is 421 g/mol. The zero-order chi connectivity index (χ0) is 23.3. The topological polar surface area (TPSA) is 101 Å². The molecule has 0 aliphatic rings. The molecule has 32 heavy (non-hydrogen) atoms. The van der Waals surface area contributed by atoms with Crippen molar-refractivity contribution < 1.29 is 28.1 Å². The van der Waals surface area contributed by atoms with Gasteiger partial charge in [-0.15, -0.1) is 0 Å². The number of carbonyl (C=O) groups excluding carboxylic acids is 1. The number of halogens is 1. The number of amides is 1. The van der Waals surface area contributed by atoms with Gasteiger partial charge in [-0.1, -0.05) is 0 Å². The summed E-state index contributed by atoms with van der Waals surface area (Å²) < 4.78 is 35.5. The minimum absolute atomic E-state index is 0.254. The van der Waals surface area contributed by atoms with E-state index in [1.54, 1.807) is 12.1 Å². The van der Waals surface area contributed by atoms with Gasteiger partial charge in [-0.25, -0.2) is 9.07 Å². The molecule has 0 saturated heterocycles. The van der Waals surface area contributed by atoms with Crippen LogP contribution in [0, 0.1) is 5.82 Å². The van der Waals surface area contributed by atoms with E-state index < -0.39 is 17.3 Å². The molecule has 0 spiro atoms. The van der Waals surface area contributed by atoms with E-state index in [1.807, 2.05) is 0 Å². The van der Waals surface area contributed by atoms with Crippen LogP contribution in [0.15, 0.2) is 47.3 Å². The number of carbonyl (C=O) groups is 1. The molecule has 3 aromatic rings. The van der Waals surface area contributed by atoms with Crippen LogP contribution in [-0.4, -0.2) is 44.1 Å². The predicted molar refractivity (Wildman–Crippen MR) is 115 cm³/mol. The van der Waals surface area contributed by atoms with E-state index in [9.17, 15) is 14.0 Å². The molecule has 0 unspecified atom stereocenters. The summed E-state index contributed by atoms with van der Waals surface area (Å²) >= 11 is 0. The third-order valence-corrected chi connectivity index (χ3v) is 4.55. The summed E-state index contributed by atoms with van der Waals surface area (Å²) in [5, 5.41) is 6.91. The highest BCUT2D eigenvalue weighted by atomic mass is 19.1. The van der Waals surface area contributed by atoms with Gasteiger partial charge in [-0.2, -0.15) is 5.10 Å². The highest BCUT2D eigenvalue weighted by molar-refractivity contribution is 5.91. The van der Waals surface area contributed by atoms with Crippen LogP contribution in [0.4, 0.5) is 10.1 Å². The van der Waals surface area contributed by atoms with Gasteiger partial charge in [-0.05, 0) is 18.2 Å². The van der Waals surface area contributed by atoms with Crippen LogP contribution in [0.5, 0.6) is 23.0 Å². The maximum absolute atomic E-state index is 13.5. The third kappa shape index (κ3) is 4.80. The second-order valence-electron chi connectivity index (χ2n) is 6.52. The van der Waals surface area contributed by atoms with E-state index >= 15 is 0 Å². The molecule has 0 fully saturated rings. The lowest BCUT2D eigenvalue weighted by Crippen LogP contribution is -2.29. The molecule has 0 saturated carbocycles. The molecule has 0 aliphatic heterocycles. The van der Waals surface area contributed by atoms with Crippen molar-refractivity contribution in [1.82, 2.24) is 9.78 Å². The van der Waals surface area contributed by atoms with Crippen LogP contribution in [0.1, 0.15) is 0 Å². The van der Waals surface area contributed by atoms with Gasteiger partial charge in [0, 0.05) is 35.5 Å². The van der Waals surface area contributed by atoms with Crippen molar-refractivity contribution in [3.05, 3.63) is 58.6 Å². The highest BCUT2D eigenvalue weighted by Crippen LogP contribution is 2.39. The van der Waals surface area contributed by atoms with Crippen molar-refractivity contribution >= 4 is 11.6 Å². The number of nitrogens with one attached hydrogen (secondary N) is 1. The summed E-state index contributed by atoms with van der Waals surface area (Å²) in [4.78, 5) is 24.9. The fourth-order valence-corrected chi connectivity index (χ4v) is 3.07. The molecular formula is C22H22FN3O6. The van der Waals surface area contributed by atoms with E-state index in [0.717, 1.165) is 4.68 Å². The molecule has 0 atom stereocenters. The van der Waals surface area contributed by atoms with Gasteiger partial charge in [0.2, 0.25) is 11.7 Å². The zero-order valence-corrected chi connectivity index (χ0v) is 18.0. The largest absolute Gasteiger partial charge is 0.496 e. The second-order valence-corrected chi connectivity index (χ2v) is 6.52. The molecule has 3 rings (SSSR count). The van der Waals surface area contributed by atoms with Crippen molar-refractivity contribution in [2.45, 2.75) is 6.54 Å². The lowest BCUT2D eigenvalue weighted by molar-refractivity contribution is -0.117. The van der Waals surface area contributed by atoms with Crippen LogP contribution in [0.3, 0.4) is 0 Å². The summed E-state index contributed by atoms with van der Waals surface area (Å²) in [5.74, 6) is 0.392. The monoisotopic (exact) mass is 443 g/mol. The Morgan fingerprint density at radius 1 is 0.938 bits per heavy atom. The summed E-state index contributed by atoms with van der Waals surface area (Å²) in [5.41, 5.74) is 0.735. The first-order chi connectivity index (χ1) is 15.4. The Bertz CT molecular complexity index is 1170. The molecule has 1 heterocycles. The fourth-order valence-electron chi connectivity index (χ4n) is 3.07. The summed E-state index contributed by atoms with van der Waals surface area (Å²) in [6, 6.07) is 9.84. The number of anilines is 1. The lowest BCUT2D eigenvalue weighted by Gasteiger charge is -2.15. The molecule has 1 N–H and O–H groups in total. The zero-order valence-electron chi connectivity index (χ0n) is 18.0.